The lowest BCUT2D eigenvalue weighted by atomic mass is 9.98. The number of aliphatic carboxylic acids is 1. The minimum atomic E-state index is -1.91. The van der Waals surface area contributed by atoms with E-state index in [9.17, 15) is 34.5 Å². The van der Waals surface area contributed by atoms with Crippen LogP contribution in [0.5, 0.6) is 0 Å². The molecule has 3 N–H and O–H groups in total. The molecule has 0 radical (unpaired) electrons. The van der Waals surface area contributed by atoms with Gasteiger partial charge in [0.2, 0.25) is 0 Å². The van der Waals surface area contributed by atoms with Gasteiger partial charge in [0.15, 0.2) is 24.6 Å². The second kappa shape index (κ2) is 48.8. The number of hydrogen-bond acceptors (Lipinski definition) is 11. The number of unbranched alkanes of at least 4 members (excludes halogenated alkanes) is 19. The average molecular weight is 1030 g/mol. The van der Waals surface area contributed by atoms with Crippen LogP contribution in [0.3, 0.4) is 0 Å². The van der Waals surface area contributed by atoms with Crippen LogP contribution in [0.15, 0.2) is 85.1 Å². The van der Waals surface area contributed by atoms with E-state index < -0.39 is 67.3 Å². The molecule has 0 aromatic heterocycles. The maximum absolute atomic E-state index is 13.1. The van der Waals surface area contributed by atoms with E-state index in [4.69, 9.17) is 23.7 Å². The maximum Gasteiger partial charge on any atom is 0.335 e. The molecule has 6 atom stereocenters. The lowest BCUT2D eigenvalue weighted by Crippen LogP contribution is -2.61. The molecular formula is C61H100O12. The SMILES string of the molecule is CC/C=C\C/C=C\C/C=C\C/C=C\CCCCC(=O)OC(COC(=O)CCCCCCCCC/C=C\C/C=C\CCCCC)COC1OC(C(=O)O)C(O)C(O)C1OC(=O)CCCCCCC/C=C\CCCC. The predicted octanol–water partition coefficient (Wildman–Crippen LogP) is 14.3. The fourth-order valence-corrected chi connectivity index (χ4v) is 8.02. The number of ether oxygens (including phenoxy) is 5. The third-order valence-corrected chi connectivity index (χ3v) is 12.4. The highest BCUT2D eigenvalue weighted by Crippen LogP contribution is 2.26. The first kappa shape index (κ1) is 66.9. The van der Waals surface area contributed by atoms with Crippen LogP contribution < -0.4 is 0 Å². The van der Waals surface area contributed by atoms with Gasteiger partial charge >= 0.3 is 23.9 Å². The second-order valence-electron chi connectivity index (χ2n) is 19.2. The minimum Gasteiger partial charge on any atom is -0.479 e. The Kier molecular flexibility index (Phi) is 44.7. The van der Waals surface area contributed by atoms with E-state index in [1.807, 2.05) is 0 Å². The van der Waals surface area contributed by atoms with Crippen molar-refractivity contribution in [2.45, 2.75) is 263 Å². The van der Waals surface area contributed by atoms with Crippen LogP contribution in [0.2, 0.25) is 0 Å². The number of aliphatic hydroxyl groups excluding tert-OH is 2. The molecule has 1 saturated heterocycles. The molecule has 1 aliphatic rings. The number of aliphatic hydroxyl groups is 2. The number of carbonyl (C=O) groups excluding carboxylic acids is 3. The van der Waals surface area contributed by atoms with E-state index in [-0.39, 0.29) is 25.9 Å². The van der Waals surface area contributed by atoms with E-state index >= 15 is 0 Å². The Bertz CT molecular complexity index is 1590. The van der Waals surface area contributed by atoms with Crippen molar-refractivity contribution < 1.29 is 58.2 Å². The summed E-state index contributed by atoms with van der Waals surface area (Å²) in [6.07, 6.45) is 49.9. The monoisotopic (exact) mass is 1020 g/mol. The lowest BCUT2D eigenvalue weighted by Gasteiger charge is -2.40. The number of rotatable bonds is 47. The second-order valence-corrected chi connectivity index (χ2v) is 19.2. The molecule has 1 heterocycles. The zero-order valence-electron chi connectivity index (χ0n) is 45.6. The number of esters is 3. The third-order valence-electron chi connectivity index (χ3n) is 12.4. The van der Waals surface area contributed by atoms with Gasteiger partial charge in [-0.3, -0.25) is 14.4 Å². The zero-order chi connectivity index (χ0) is 53.3. The molecule has 1 fully saturated rings. The number of carboxylic acid groups (broad SMARTS) is 1. The molecule has 416 valence electrons. The van der Waals surface area contributed by atoms with Gasteiger partial charge in [0.05, 0.1) is 6.61 Å². The van der Waals surface area contributed by atoms with Gasteiger partial charge in [-0.15, -0.1) is 0 Å². The van der Waals surface area contributed by atoms with Crippen LogP contribution in [0.4, 0.5) is 0 Å². The van der Waals surface area contributed by atoms with Crippen molar-refractivity contribution in [3.8, 4) is 0 Å². The Balaban J connectivity index is 2.74. The Hall–Kier alpha value is -4.10. The summed E-state index contributed by atoms with van der Waals surface area (Å²) in [7, 11) is 0. The van der Waals surface area contributed by atoms with Gasteiger partial charge in [-0.05, 0) is 109 Å². The molecule has 12 nitrogen and oxygen atoms in total. The summed E-state index contributed by atoms with van der Waals surface area (Å²) >= 11 is 0. The summed E-state index contributed by atoms with van der Waals surface area (Å²) in [5.74, 6) is -3.21. The molecule has 73 heavy (non-hydrogen) atoms. The molecular weight excluding hydrogens is 925 g/mol. The standard InChI is InChI=1S/C61H100O12/c1-4-7-10-13-16-19-22-24-26-27-29-30-33-35-38-41-44-47-53(62)69-50-52(71-54(63)48-45-42-39-37-34-31-28-25-23-20-17-14-11-8-5-2)51-70-61-59(57(66)56(65)58(73-61)60(67)68)72-55(64)49-46-43-40-36-32-21-18-15-12-9-6-3/h8,11,15-20,24-26,28,34,37,52,56-59,61,65-66H,4-7,9-10,12-14,21-23,27,29-33,35-36,38-51H2,1-3H3,(H,67,68)/b11-8-,18-15-,19-16-,20-17-,26-24-,28-25-,37-34-. The third kappa shape index (κ3) is 39.0. The zero-order valence-corrected chi connectivity index (χ0v) is 45.6. The lowest BCUT2D eigenvalue weighted by molar-refractivity contribution is -0.301. The smallest absolute Gasteiger partial charge is 0.335 e. The topological polar surface area (TPSA) is 175 Å². The Morgan fingerprint density at radius 3 is 1.40 bits per heavy atom. The van der Waals surface area contributed by atoms with Gasteiger partial charge in [0, 0.05) is 19.3 Å². The molecule has 1 rings (SSSR count). The fourth-order valence-electron chi connectivity index (χ4n) is 8.02. The number of carboxylic acids is 1. The van der Waals surface area contributed by atoms with Gasteiger partial charge in [0.25, 0.3) is 0 Å². The normalized spacial score (nSPS) is 18.9. The van der Waals surface area contributed by atoms with E-state index in [0.717, 1.165) is 116 Å². The first-order valence-corrected chi connectivity index (χ1v) is 28.6. The van der Waals surface area contributed by atoms with Crippen molar-refractivity contribution >= 4 is 23.9 Å². The van der Waals surface area contributed by atoms with Gasteiger partial charge in [0.1, 0.15) is 18.8 Å². The first-order chi connectivity index (χ1) is 35.6. The molecule has 0 aromatic carbocycles. The molecule has 1 aliphatic heterocycles. The van der Waals surface area contributed by atoms with Crippen LogP contribution in [0.1, 0.15) is 226 Å². The molecule has 0 saturated carbocycles. The van der Waals surface area contributed by atoms with Crippen molar-refractivity contribution in [1.29, 1.82) is 0 Å². The van der Waals surface area contributed by atoms with Crippen LogP contribution in [0, 0.1) is 0 Å². The quantitative estimate of drug-likeness (QED) is 0.0228. The predicted molar refractivity (Wildman–Crippen MR) is 294 cm³/mol. The minimum absolute atomic E-state index is 0.0410. The highest BCUT2D eigenvalue weighted by molar-refractivity contribution is 5.74. The summed E-state index contributed by atoms with van der Waals surface area (Å²) in [5.41, 5.74) is 0. The van der Waals surface area contributed by atoms with E-state index in [2.05, 4.69) is 106 Å². The Labute approximate surface area is 441 Å². The van der Waals surface area contributed by atoms with E-state index in [0.29, 0.717) is 19.3 Å². The first-order valence-electron chi connectivity index (χ1n) is 28.6. The highest BCUT2D eigenvalue weighted by atomic mass is 16.7. The van der Waals surface area contributed by atoms with E-state index in [1.165, 1.54) is 51.4 Å². The Morgan fingerprint density at radius 1 is 0.466 bits per heavy atom. The van der Waals surface area contributed by atoms with Crippen LogP contribution >= 0.6 is 0 Å². The fraction of sp³-hybridized carbons (Fsp3) is 0.705. The van der Waals surface area contributed by atoms with Gasteiger partial charge in [-0.2, -0.15) is 0 Å². The molecule has 12 heteroatoms. The molecule has 0 amide bonds. The summed E-state index contributed by atoms with van der Waals surface area (Å²) in [6, 6.07) is 0. The van der Waals surface area contributed by atoms with E-state index in [1.54, 1.807) is 0 Å². The van der Waals surface area contributed by atoms with Gasteiger partial charge in [-0.25, -0.2) is 4.79 Å². The Morgan fingerprint density at radius 2 is 0.877 bits per heavy atom. The van der Waals surface area contributed by atoms with Crippen LogP contribution in [-0.4, -0.2) is 89.2 Å². The summed E-state index contributed by atoms with van der Waals surface area (Å²) in [6.45, 7) is 5.75. The maximum atomic E-state index is 13.1. The van der Waals surface area contributed by atoms with Crippen molar-refractivity contribution in [3.05, 3.63) is 85.1 Å². The molecule has 0 spiro atoms. The van der Waals surface area contributed by atoms with Crippen molar-refractivity contribution in [1.82, 2.24) is 0 Å². The van der Waals surface area contributed by atoms with Crippen molar-refractivity contribution in [2.75, 3.05) is 13.2 Å². The van der Waals surface area contributed by atoms with Gasteiger partial charge in [-0.1, -0.05) is 183 Å². The summed E-state index contributed by atoms with van der Waals surface area (Å²) in [5, 5.41) is 31.4. The molecule has 6 unspecified atom stereocenters. The van der Waals surface area contributed by atoms with Gasteiger partial charge < -0.3 is 39.0 Å². The highest BCUT2D eigenvalue weighted by Gasteiger charge is 2.50. The van der Waals surface area contributed by atoms with Crippen LogP contribution in [-0.2, 0) is 42.9 Å². The number of allylic oxidation sites excluding steroid dienone is 14. The average Bonchev–Trinajstić information content (AvgIpc) is 3.37. The molecule has 0 aromatic rings. The van der Waals surface area contributed by atoms with Crippen LogP contribution in [0.25, 0.3) is 0 Å². The molecule has 0 bridgehead atoms. The van der Waals surface area contributed by atoms with Crippen molar-refractivity contribution in [3.63, 3.8) is 0 Å². The number of carbonyl (C=O) groups is 4. The summed E-state index contributed by atoms with van der Waals surface area (Å²) in [4.78, 5) is 51.0. The van der Waals surface area contributed by atoms with Crippen molar-refractivity contribution in [2.24, 2.45) is 0 Å². The summed E-state index contributed by atoms with van der Waals surface area (Å²) < 4.78 is 28.3. The largest absolute Gasteiger partial charge is 0.479 e. The number of hydrogen-bond donors (Lipinski definition) is 3. The molecule has 0 aliphatic carbocycles.